The minimum Gasteiger partial charge on any atom is -0.377 e. The van der Waals surface area contributed by atoms with Crippen molar-refractivity contribution < 1.29 is 13.9 Å². The Hall–Kier alpha value is -0.670. The minimum atomic E-state index is 0.384. The van der Waals surface area contributed by atoms with Crippen LogP contribution in [0.2, 0.25) is 0 Å². The largest absolute Gasteiger partial charge is 0.377 e. The molecule has 0 fully saturated rings. The van der Waals surface area contributed by atoms with Crippen molar-refractivity contribution in [3.63, 3.8) is 0 Å². The highest BCUT2D eigenvalue weighted by Crippen LogP contribution is 1.95. The number of allylic oxidation sites excluding steroid dienone is 1. The normalized spacial score (nSPS) is 11.1. The monoisotopic (exact) mass is 318 g/mol. The van der Waals surface area contributed by atoms with Crippen molar-refractivity contribution in [1.29, 1.82) is 0 Å². The molecule has 0 aromatic carbocycles. The van der Waals surface area contributed by atoms with Gasteiger partial charge in [0, 0.05) is 13.2 Å². The number of hydrogen-bond acceptors (Lipinski definition) is 2. The zero-order chi connectivity index (χ0) is 17.8. The Morgan fingerprint density at radius 3 is 1.50 bits per heavy atom. The first-order chi connectivity index (χ1) is 10.4. The maximum Gasteiger partial charge on any atom is 0.0849 e. The molecule has 0 saturated heterocycles. The van der Waals surface area contributed by atoms with E-state index < -0.39 is 0 Å². The standard InChI is InChI=1S/C10H20O.C7H13FO.C2H6/c1-9(2)6-5-7-11-8-10(3)4;1-7(2)6-9-5-3-4-8;1-2/h5-6,9-10H,7-8H2,1-4H3;3-4,7H,5-6H2,1-2H3;1-2H3/b6-5+;4-3+;. The van der Waals surface area contributed by atoms with Crippen LogP contribution in [0.3, 0.4) is 0 Å². The Labute approximate surface area is 138 Å². The molecule has 0 rings (SSSR count). The molecule has 2 nitrogen and oxygen atoms in total. The van der Waals surface area contributed by atoms with Gasteiger partial charge in [-0.2, -0.15) is 0 Å². The number of ether oxygens (including phenoxy) is 2. The molecular weight excluding hydrogens is 279 g/mol. The molecule has 0 saturated carbocycles. The maximum atomic E-state index is 11.3. The quantitative estimate of drug-likeness (QED) is 0.381. The van der Waals surface area contributed by atoms with E-state index in [1.807, 2.05) is 13.8 Å². The maximum absolute atomic E-state index is 11.3. The lowest BCUT2D eigenvalue weighted by Crippen LogP contribution is -2.01. The molecule has 0 aliphatic heterocycles. The first-order valence-electron chi connectivity index (χ1n) is 8.47. The van der Waals surface area contributed by atoms with Crippen molar-refractivity contribution in [1.82, 2.24) is 0 Å². The van der Waals surface area contributed by atoms with Gasteiger partial charge in [-0.05, 0) is 23.8 Å². The molecule has 0 radical (unpaired) electrons. The van der Waals surface area contributed by atoms with E-state index in [4.69, 9.17) is 9.47 Å². The smallest absolute Gasteiger partial charge is 0.0849 e. The van der Waals surface area contributed by atoms with Gasteiger partial charge in [0.1, 0.15) is 0 Å². The molecule has 0 aliphatic rings. The lowest BCUT2D eigenvalue weighted by molar-refractivity contribution is 0.134. The van der Waals surface area contributed by atoms with E-state index in [2.05, 4.69) is 53.7 Å². The SMILES string of the molecule is CC.CC(C)/C=C/COCC(C)C.CC(C)COC/C=C/F. The van der Waals surface area contributed by atoms with Crippen LogP contribution in [0.15, 0.2) is 24.6 Å². The van der Waals surface area contributed by atoms with Crippen molar-refractivity contribution in [2.45, 2.75) is 55.4 Å². The molecule has 0 unspecified atom stereocenters. The topological polar surface area (TPSA) is 18.5 Å². The molecule has 0 atom stereocenters. The fraction of sp³-hybridized carbons (Fsp3) is 0.789. The van der Waals surface area contributed by atoms with Crippen LogP contribution in [0, 0.1) is 17.8 Å². The summed E-state index contributed by atoms with van der Waals surface area (Å²) in [4.78, 5) is 0. The van der Waals surface area contributed by atoms with Crippen LogP contribution in [0.4, 0.5) is 4.39 Å². The molecule has 0 bridgehead atoms. The van der Waals surface area contributed by atoms with Crippen molar-refractivity contribution in [2.75, 3.05) is 26.4 Å². The van der Waals surface area contributed by atoms with Crippen LogP contribution >= 0.6 is 0 Å². The Balaban J connectivity index is -0.000000299. The molecule has 134 valence electrons. The Bertz CT molecular complexity index is 234. The van der Waals surface area contributed by atoms with Gasteiger partial charge in [0.15, 0.2) is 0 Å². The Kier molecular flexibility index (Phi) is 27.0. The van der Waals surface area contributed by atoms with E-state index in [1.165, 1.54) is 6.08 Å². The van der Waals surface area contributed by atoms with Crippen molar-refractivity contribution in [2.24, 2.45) is 17.8 Å². The van der Waals surface area contributed by atoms with Gasteiger partial charge < -0.3 is 9.47 Å². The summed E-state index contributed by atoms with van der Waals surface area (Å²) in [6.07, 6.45) is 6.11. The lowest BCUT2D eigenvalue weighted by Gasteiger charge is -2.03. The van der Waals surface area contributed by atoms with E-state index >= 15 is 0 Å². The summed E-state index contributed by atoms with van der Waals surface area (Å²) in [5.41, 5.74) is 0. The van der Waals surface area contributed by atoms with Gasteiger partial charge in [0.05, 0.1) is 19.5 Å². The lowest BCUT2D eigenvalue weighted by atomic mass is 10.2. The van der Waals surface area contributed by atoms with E-state index in [0.717, 1.165) is 13.2 Å². The zero-order valence-electron chi connectivity index (χ0n) is 16.1. The van der Waals surface area contributed by atoms with Gasteiger partial charge >= 0.3 is 0 Å². The first kappa shape index (κ1) is 26.2. The second-order valence-corrected chi connectivity index (χ2v) is 5.90. The van der Waals surface area contributed by atoms with Gasteiger partial charge in [-0.3, -0.25) is 0 Å². The summed E-state index contributed by atoms with van der Waals surface area (Å²) in [5.74, 6) is 1.80. The molecule has 0 amide bonds. The Morgan fingerprint density at radius 2 is 1.18 bits per heavy atom. The highest BCUT2D eigenvalue weighted by Gasteiger charge is 1.91. The molecule has 22 heavy (non-hydrogen) atoms. The van der Waals surface area contributed by atoms with Gasteiger partial charge in [-0.15, -0.1) is 0 Å². The summed E-state index contributed by atoms with van der Waals surface area (Å²) in [6.45, 7) is 19.5. The van der Waals surface area contributed by atoms with Crippen LogP contribution in [0.25, 0.3) is 0 Å². The van der Waals surface area contributed by atoms with Crippen LogP contribution in [-0.2, 0) is 9.47 Å². The van der Waals surface area contributed by atoms with Gasteiger partial charge in [-0.1, -0.05) is 67.5 Å². The Morgan fingerprint density at radius 1 is 0.773 bits per heavy atom. The van der Waals surface area contributed by atoms with Crippen LogP contribution in [-0.4, -0.2) is 26.4 Å². The van der Waals surface area contributed by atoms with E-state index in [9.17, 15) is 4.39 Å². The first-order valence-corrected chi connectivity index (χ1v) is 8.47. The molecule has 0 aliphatic carbocycles. The third kappa shape index (κ3) is 36.6. The predicted octanol–water partition coefficient (Wildman–Crippen LogP) is 6.04. The fourth-order valence-corrected chi connectivity index (χ4v) is 1.11. The van der Waals surface area contributed by atoms with E-state index in [1.54, 1.807) is 0 Å². The fourth-order valence-electron chi connectivity index (χ4n) is 1.11. The summed E-state index contributed by atoms with van der Waals surface area (Å²) in [5, 5.41) is 0. The highest BCUT2D eigenvalue weighted by molar-refractivity contribution is 4.84. The van der Waals surface area contributed by atoms with E-state index in [0.29, 0.717) is 37.3 Å². The molecule has 0 heterocycles. The van der Waals surface area contributed by atoms with Crippen LogP contribution in [0.5, 0.6) is 0 Å². The average Bonchev–Trinajstić information content (AvgIpc) is 2.45. The number of rotatable bonds is 9. The van der Waals surface area contributed by atoms with Gasteiger partial charge in [-0.25, -0.2) is 4.39 Å². The molecule has 0 aromatic heterocycles. The molecule has 0 N–H and O–H groups in total. The number of hydrogen-bond donors (Lipinski definition) is 0. The predicted molar refractivity (Wildman–Crippen MR) is 96.9 cm³/mol. The summed E-state index contributed by atoms with van der Waals surface area (Å²) in [6, 6.07) is 0. The van der Waals surface area contributed by atoms with E-state index in [-0.39, 0.29) is 0 Å². The minimum absolute atomic E-state index is 0.384. The average molecular weight is 319 g/mol. The van der Waals surface area contributed by atoms with Crippen LogP contribution < -0.4 is 0 Å². The molecule has 3 heteroatoms. The zero-order valence-corrected chi connectivity index (χ0v) is 16.1. The summed E-state index contributed by atoms with van der Waals surface area (Å²) < 4.78 is 21.6. The summed E-state index contributed by atoms with van der Waals surface area (Å²) >= 11 is 0. The second kappa shape index (κ2) is 22.6. The molecule has 0 spiro atoms. The highest BCUT2D eigenvalue weighted by atomic mass is 19.1. The van der Waals surface area contributed by atoms with Crippen molar-refractivity contribution in [3.05, 3.63) is 24.6 Å². The van der Waals surface area contributed by atoms with Crippen molar-refractivity contribution >= 4 is 0 Å². The van der Waals surface area contributed by atoms with Gasteiger partial charge in [0.2, 0.25) is 0 Å². The molecule has 0 aromatic rings. The molecular formula is C19H39FO2. The van der Waals surface area contributed by atoms with Gasteiger partial charge in [0.25, 0.3) is 0 Å². The van der Waals surface area contributed by atoms with Crippen LogP contribution in [0.1, 0.15) is 55.4 Å². The third-order valence-corrected chi connectivity index (χ3v) is 1.94. The number of halogens is 1. The second-order valence-electron chi connectivity index (χ2n) is 5.90. The third-order valence-electron chi connectivity index (χ3n) is 1.94. The summed E-state index contributed by atoms with van der Waals surface area (Å²) in [7, 11) is 0. The van der Waals surface area contributed by atoms with Crippen molar-refractivity contribution in [3.8, 4) is 0 Å².